The van der Waals surface area contributed by atoms with Crippen LogP contribution in [0, 0.1) is 0 Å². The van der Waals surface area contributed by atoms with E-state index in [0.29, 0.717) is 6.61 Å². The first kappa shape index (κ1) is 13.1. The molecule has 0 radical (unpaired) electrons. The second kappa shape index (κ2) is 6.52. The van der Waals surface area contributed by atoms with Gasteiger partial charge in [-0.15, -0.1) is 0 Å². The van der Waals surface area contributed by atoms with Crippen LogP contribution >= 0.6 is 15.9 Å². The number of nitrogens with one attached hydrogen (secondary N) is 1. The lowest BCUT2D eigenvalue weighted by Gasteiger charge is -2.19. The summed E-state index contributed by atoms with van der Waals surface area (Å²) in [4.78, 5) is 4.20. The van der Waals surface area contributed by atoms with E-state index in [1.807, 2.05) is 30.3 Å². The van der Waals surface area contributed by atoms with Gasteiger partial charge in [0.1, 0.15) is 4.60 Å². The molecule has 0 saturated carbocycles. The van der Waals surface area contributed by atoms with Gasteiger partial charge in [0.15, 0.2) is 0 Å². The molecule has 0 amide bonds. The summed E-state index contributed by atoms with van der Waals surface area (Å²) in [6, 6.07) is 14.3. The minimum atomic E-state index is 0.124. The van der Waals surface area contributed by atoms with E-state index in [-0.39, 0.29) is 6.04 Å². The normalized spacial score (nSPS) is 12.1. The van der Waals surface area contributed by atoms with E-state index >= 15 is 0 Å². The first-order chi connectivity index (χ1) is 8.79. The van der Waals surface area contributed by atoms with Crippen molar-refractivity contribution in [1.29, 1.82) is 0 Å². The summed E-state index contributed by atoms with van der Waals surface area (Å²) in [5.41, 5.74) is 2.17. The molecule has 1 N–H and O–H groups in total. The standard InChI is InChI=1S/C14H15BrN2O/c1-18-10-13(11-5-3-2-4-6-11)17-12-7-8-14(15)16-9-12/h2-9,13,17H,10H2,1H3. The minimum Gasteiger partial charge on any atom is -0.382 e. The van der Waals surface area contributed by atoms with E-state index in [2.05, 4.69) is 38.4 Å². The lowest BCUT2D eigenvalue weighted by Crippen LogP contribution is -2.16. The van der Waals surface area contributed by atoms with Crippen LogP contribution < -0.4 is 5.32 Å². The summed E-state index contributed by atoms with van der Waals surface area (Å²) in [7, 11) is 1.71. The van der Waals surface area contributed by atoms with Crippen molar-refractivity contribution in [2.24, 2.45) is 0 Å². The number of benzene rings is 1. The highest BCUT2D eigenvalue weighted by Gasteiger charge is 2.10. The predicted molar refractivity (Wildman–Crippen MR) is 76.6 cm³/mol. The first-order valence-corrected chi connectivity index (χ1v) is 6.51. The Labute approximate surface area is 115 Å². The molecule has 1 atom stereocenters. The van der Waals surface area contributed by atoms with Gasteiger partial charge < -0.3 is 10.1 Å². The van der Waals surface area contributed by atoms with Crippen LogP contribution in [0.2, 0.25) is 0 Å². The van der Waals surface area contributed by atoms with Crippen molar-refractivity contribution in [3.8, 4) is 0 Å². The summed E-state index contributed by atoms with van der Waals surface area (Å²) in [5.74, 6) is 0. The molecule has 18 heavy (non-hydrogen) atoms. The number of aromatic nitrogens is 1. The minimum absolute atomic E-state index is 0.124. The van der Waals surface area contributed by atoms with Crippen molar-refractivity contribution in [3.63, 3.8) is 0 Å². The fourth-order valence-electron chi connectivity index (χ4n) is 1.74. The van der Waals surface area contributed by atoms with Crippen LogP contribution in [0.5, 0.6) is 0 Å². The molecule has 1 aromatic heterocycles. The Morgan fingerprint density at radius 2 is 2.00 bits per heavy atom. The van der Waals surface area contributed by atoms with Gasteiger partial charge in [-0.1, -0.05) is 30.3 Å². The highest BCUT2D eigenvalue weighted by molar-refractivity contribution is 9.10. The first-order valence-electron chi connectivity index (χ1n) is 5.71. The predicted octanol–water partition coefficient (Wildman–Crippen LogP) is 3.64. The van der Waals surface area contributed by atoms with E-state index in [1.54, 1.807) is 13.3 Å². The maximum Gasteiger partial charge on any atom is 0.106 e. The molecule has 2 rings (SSSR count). The van der Waals surface area contributed by atoms with Gasteiger partial charge in [0, 0.05) is 7.11 Å². The largest absolute Gasteiger partial charge is 0.382 e. The Balaban J connectivity index is 2.14. The van der Waals surface area contributed by atoms with E-state index in [0.717, 1.165) is 10.3 Å². The monoisotopic (exact) mass is 306 g/mol. The van der Waals surface area contributed by atoms with Gasteiger partial charge >= 0.3 is 0 Å². The fourth-order valence-corrected chi connectivity index (χ4v) is 1.97. The van der Waals surface area contributed by atoms with Gasteiger partial charge in [-0.05, 0) is 33.6 Å². The van der Waals surface area contributed by atoms with Crippen LogP contribution in [0.1, 0.15) is 11.6 Å². The quantitative estimate of drug-likeness (QED) is 0.856. The second-order valence-electron chi connectivity index (χ2n) is 3.93. The van der Waals surface area contributed by atoms with E-state index in [4.69, 9.17) is 4.74 Å². The highest BCUT2D eigenvalue weighted by atomic mass is 79.9. The Hall–Kier alpha value is -1.39. The Bertz CT molecular complexity index is 473. The van der Waals surface area contributed by atoms with Crippen molar-refractivity contribution in [3.05, 3.63) is 58.8 Å². The second-order valence-corrected chi connectivity index (χ2v) is 4.75. The smallest absolute Gasteiger partial charge is 0.106 e. The molecular weight excluding hydrogens is 292 g/mol. The van der Waals surface area contributed by atoms with Crippen LogP contribution in [0.25, 0.3) is 0 Å². The molecule has 0 saturated heterocycles. The SMILES string of the molecule is COCC(Nc1ccc(Br)nc1)c1ccccc1. The number of nitrogens with zero attached hydrogens (tertiary/aromatic N) is 1. The summed E-state index contributed by atoms with van der Waals surface area (Å²) < 4.78 is 6.09. The Kier molecular flexibility index (Phi) is 4.73. The zero-order valence-electron chi connectivity index (χ0n) is 10.1. The molecule has 1 unspecified atom stereocenters. The lowest BCUT2D eigenvalue weighted by atomic mass is 10.1. The summed E-state index contributed by atoms with van der Waals surface area (Å²) in [6.45, 7) is 0.611. The Morgan fingerprint density at radius 1 is 1.22 bits per heavy atom. The van der Waals surface area contributed by atoms with Crippen molar-refractivity contribution < 1.29 is 4.74 Å². The molecule has 0 aliphatic rings. The highest BCUT2D eigenvalue weighted by Crippen LogP contribution is 2.20. The molecule has 0 aliphatic heterocycles. The van der Waals surface area contributed by atoms with Gasteiger partial charge in [-0.3, -0.25) is 0 Å². The number of halogens is 1. The van der Waals surface area contributed by atoms with Crippen LogP contribution in [-0.2, 0) is 4.74 Å². The molecule has 0 aliphatic carbocycles. The van der Waals surface area contributed by atoms with Gasteiger partial charge in [-0.25, -0.2) is 4.98 Å². The molecule has 1 aromatic carbocycles. The van der Waals surface area contributed by atoms with Crippen molar-refractivity contribution in [2.75, 3.05) is 19.0 Å². The number of anilines is 1. The molecule has 94 valence electrons. The van der Waals surface area contributed by atoms with E-state index < -0.39 is 0 Å². The van der Waals surface area contributed by atoms with Crippen LogP contribution in [-0.4, -0.2) is 18.7 Å². The summed E-state index contributed by atoms with van der Waals surface area (Å²) >= 11 is 3.32. The molecule has 1 heterocycles. The zero-order valence-corrected chi connectivity index (χ0v) is 11.7. The summed E-state index contributed by atoms with van der Waals surface area (Å²) in [5, 5.41) is 3.42. The molecule has 0 spiro atoms. The van der Waals surface area contributed by atoms with Gasteiger partial charge in [0.05, 0.1) is 24.5 Å². The zero-order chi connectivity index (χ0) is 12.8. The third-order valence-corrected chi connectivity index (χ3v) is 3.07. The number of ether oxygens (including phenoxy) is 1. The van der Waals surface area contributed by atoms with Crippen LogP contribution in [0.3, 0.4) is 0 Å². The lowest BCUT2D eigenvalue weighted by molar-refractivity contribution is 0.186. The van der Waals surface area contributed by atoms with E-state index in [9.17, 15) is 0 Å². The molecule has 0 bridgehead atoms. The molecule has 2 aromatic rings. The Morgan fingerprint density at radius 3 is 2.61 bits per heavy atom. The number of methoxy groups -OCH3 is 1. The maximum absolute atomic E-state index is 5.26. The van der Waals surface area contributed by atoms with Gasteiger partial charge in [-0.2, -0.15) is 0 Å². The third-order valence-electron chi connectivity index (χ3n) is 2.60. The molecule has 4 heteroatoms. The van der Waals surface area contributed by atoms with Crippen LogP contribution in [0.4, 0.5) is 5.69 Å². The average Bonchev–Trinajstić information content (AvgIpc) is 2.42. The number of rotatable bonds is 5. The third kappa shape index (κ3) is 3.55. The van der Waals surface area contributed by atoms with Crippen LogP contribution in [0.15, 0.2) is 53.3 Å². The number of pyridine rings is 1. The van der Waals surface area contributed by atoms with Crippen molar-refractivity contribution >= 4 is 21.6 Å². The van der Waals surface area contributed by atoms with Gasteiger partial charge in [0.2, 0.25) is 0 Å². The number of hydrogen-bond acceptors (Lipinski definition) is 3. The van der Waals surface area contributed by atoms with E-state index in [1.165, 1.54) is 5.56 Å². The topological polar surface area (TPSA) is 34.1 Å². The molecule has 3 nitrogen and oxygen atoms in total. The van der Waals surface area contributed by atoms with Crippen molar-refractivity contribution in [1.82, 2.24) is 4.98 Å². The maximum atomic E-state index is 5.26. The molecular formula is C14H15BrN2O. The number of hydrogen-bond donors (Lipinski definition) is 1. The molecule has 0 fully saturated rings. The summed E-state index contributed by atoms with van der Waals surface area (Å²) in [6.07, 6.45) is 1.80. The van der Waals surface area contributed by atoms with Gasteiger partial charge in [0.25, 0.3) is 0 Å². The van der Waals surface area contributed by atoms with Crippen molar-refractivity contribution in [2.45, 2.75) is 6.04 Å². The average molecular weight is 307 g/mol. The fraction of sp³-hybridized carbons (Fsp3) is 0.214.